The Labute approximate surface area is 190 Å². The monoisotopic (exact) mass is 420 g/mol. The molecule has 2 heterocycles. The summed E-state index contributed by atoms with van der Waals surface area (Å²) in [7, 11) is 0. The number of hydrogen-bond donors (Lipinski definition) is 1. The molecule has 0 radical (unpaired) electrons. The van der Waals surface area contributed by atoms with Crippen molar-refractivity contribution in [2.24, 2.45) is 0 Å². The van der Waals surface area contributed by atoms with E-state index in [2.05, 4.69) is 112 Å². The molecule has 0 unspecified atom stereocenters. The number of pyridine rings is 1. The van der Waals surface area contributed by atoms with Gasteiger partial charge in [-0.1, -0.05) is 91.0 Å². The minimum atomic E-state index is -0.352. The molecule has 3 aromatic carbocycles. The van der Waals surface area contributed by atoms with Crippen LogP contribution in [0.5, 0.6) is 0 Å². The van der Waals surface area contributed by atoms with E-state index in [9.17, 15) is 0 Å². The number of nitrogens with zero attached hydrogens (tertiary/aromatic N) is 3. The fraction of sp³-hybridized carbons (Fsp3) is 0.179. The van der Waals surface area contributed by atoms with Gasteiger partial charge in [0.25, 0.3) is 0 Å². The van der Waals surface area contributed by atoms with Gasteiger partial charge in [-0.05, 0) is 28.8 Å². The number of nitrogen functional groups attached to an aromatic ring is 1. The fourth-order valence-electron chi connectivity index (χ4n) is 4.97. The van der Waals surface area contributed by atoms with E-state index in [1.807, 2.05) is 12.3 Å². The van der Waals surface area contributed by atoms with Gasteiger partial charge in [-0.15, -0.1) is 0 Å². The molecule has 0 spiro atoms. The second kappa shape index (κ2) is 8.85. The highest BCUT2D eigenvalue weighted by Crippen LogP contribution is 2.43. The van der Waals surface area contributed by atoms with Gasteiger partial charge in [0.1, 0.15) is 5.82 Å². The first kappa shape index (κ1) is 20.3. The molecule has 0 bridgehead atoms. The Bertz CT molecular complexity index is 1020. The molecule has 1 aromatic heterocycles. The Hall–Kier alpha value is -3.63. The number of hydrogen-bond acceptors (Lipinski definition) is 4. The molecular weight excluding hydrogens is 392 g/mol. The minimum absolute atomic E-state index is 0.352. The Morgan fingerprint density at radius 3 is 1.47 bits per heavy atom. The predicted octanol–water partition coefficient (Wildman–Crippen LogP) is 4.78. The molecule has 0 aliphatic carbocycles. The summed E-state index contributed by atoms with van der Waals surface area (Å²) in [5, 5.41) is 0. The number of piperazine rings is 1. The van der Waals surface area contributed by atoms with E-state index in [0.29, 0.717) is 5.82 Å². The van der Waals surface area contributed by atoms with Gasteiger partial charge < -0.3 is 10.6 Å². The Morgan fingerprint density at radius 1 is 0.594 bits per heavy atom. The van der Waals surface area contributed by atoms with Crippen LogP contribution in [0.2, 0.25) is 0 Å². The maximum absolute atomic E-state index is 5.79. The van der Waals surface area contributed by atoms with Crippen LogP contribution in [0.25, 0.3) is 0 Å². The molecule has 0 amide bonds. The van der Waals surface area contributed by atoms with Gasteiger partial charge in [-0.3, -0.25) is 4.90 Å². The van der Waals surface area contributed by atoms with Gasteiger partial charge in [-0.25, -0.2) is 4.98 Å². The molecular formula is C28H28N4. The van der Waals surface area contributed by atoms with Crippen LogP contribution in [0.1, 0.15) is 16.7 Å². The second-order valence-corrected chi connectivity index (χ2v) is 8.22. The van der Waals surface area contributed by atoms with E-state index in [0.717, 1.165) is 31.9 Å². The number of aromatic nitrogens is 1. The van der Waals surface area contributed by atoms with Crippen molar-refractivity contribution >= 4 is 11.5 Å². The summed E-state index contributed by atoms with van der Waals surface area (Å²) in [5.74, 6) is 0.559. The molecule has 2 N–H and O–H groups in total. The second-order valence-electron chi connectivity index (χ2n) is 8.22. The fourth-order valence-corrected chi connectivity index (χ4v) is 4.97. The summed E-state index contributed by atoms with van der Waals surface area (Å²) in [6, 6.07) is 36.7. The van der Waals surface area contributed by atoms with E-state index in [1.54, 1.807) is 0 Å². The molecule has 1 aliphatic rings. The van der Waals surface area contributed by atoms with Crippen molar-refractivity contribution in [2.45, 2.75) is 5.54 Å². The molecule has 32 heavy (non-hydrogen) atoms. The van der Waals surface area contributed by atoms with Gasteiger partial charge in [0.15, 0.2) is 0 Å². The van der Waals surface area contributed by atoms with Crippen LogP contribution in [-0.2, 0) is 5.54 Å². The lowest BCUT2D eigenvalue weighted by atomic mass is 9.75. The number of benzene rings is 3. The maximum atomic E-state index is 5.79. The van der Waals surface area contributed by atoms with Crippen LogP contribution in [0.4, 0.5) is 11.5 Å². The molecule has 4 nitrogen and oxygen atoms in total. The van der Waals surface area contributed by atoms with Crippen molar-refractivity contribution in [3.63, 3.8) is 0 Å². The first-order valence-corrected chi connectivity index (χ1v) is 11.2. The Morgan fingerprint density at radius 2 is 1.06 bits per heavy atom. The number of nitrogens with two attached hydrogens (primary N) is 1. The highest BCUT2D eigenvalue weighted by molar-refractivity contribution is 5.51. The van der Waals surface area contributed by atoms with E-state index in [4.69, 9.17) is 5.73 Å². The van der Waals surface area contributed by atoms with Crippen LogP contribution in [0, 0.1) is 0 Å². The van der Waals surface area contributed by atoms with E-state index in [1.165, 1.54) is 16.7 Å². The normalized spacial score (nSPS) is 14.9. The van der Waals surface area contributed by atoms with Gasteiger partial charge in [0, 0.05) is 26.2 Å². The molecule has 5 rings (SSSR count). The number of anilines is 2. The van der Waals surface area contributed by atoms with Crippen molar-refractivity contribution in [2.75, 3.05) is 36.8 Å². The molecule has 1 fully saturated rings. The zero-order valence-electron chi connectivity index (χ0n) is 18.1. The van der Waals surface area contributed by atoms with Crippen LogP contribution in [0.15, 0.2) is 109 Å². The zero-order valence-corrected chi connectivity index (χ0v) is 18.1. The summed E-state index contributed by atoms with van der Waals surface area (Å²) >= 11 is 0. The Balaban J connectivity index is 1.58. The topological polar surface area (TPSA) is 45.4 Å². The quantitative estimate of drug-likeness (QED) is 0.472. The van der Waals surface area contributed by atoms with Crippen molar-refractivity contribution < 1.29 is 0 Å². The Kier molecular flexibility index (Phi) is 5.61. The third-order valence-electron chi connectivity index (χ3n) is 6.46. The maximum Gasteiger partial charge on any atom is 0.123 e. The summed E-state index contributed by atoms with van der Waals surface area (Å²) < 4.78 is 0. The summed E-state index contributed by atoms with van der Waals surface area (Å²) in [6.45, 7) is 3.73. The molecule has 1 saturated heterocycles. The lowest BCUT2D eigenvalue weighted by Gasteiger charge is -2.49. The van der Waals surface area contributed by atoms with Gasteiger partial charge in [0.05, 0.1) is 17.4 Å². The average molecular weight is 421 g/mol. The third-order valence-corrected chi connectivity index (χ3v) is 6.46. The molecule has 4 heteroatoms. The molecule has 4 aromatic rings. The van der Waals surface area contributed by atoms with Crippen molar-refractivity contribution in [1.29, 1.82) is 0 Å². The smallest absolute Gasteiger partial charge is 0.123 e. The van der Waals surface area contributed by atoms with Gasteiger partial charge >= 0.3 is 0 Å². The molecule has 0 atom stereocenters. The summed E-state index contributed by atoms with van der Waals surface area (Å²) in [5.41, 5.74) is 10.4. The van der Waals surface area contributed by atoms with Crippen molar-refractivity contribution in [3.05, 3.63) is 126 Å². The SMILES string of the molecule is Nc1ccc(N2CCN(C(c3ccccc3)(c3ccccc3)c3ccccc3)CC2)cn1. The van der Waals surface area contributed by atoms with E-state index < -0.39 is 0 Å². The number of rotatable bonds is 5. The third kappa shape index (κ3) is 3.63. The lowest BCUT2D eigenvalue weighted by molar-refractivity contribution is 0.147. The van der Waals surface area contributed by atoms with E-state index >= 15 is 0 Å². The van der Waals surface area contributed by atoms with Crippen LogP contribution < -0.4 is 10.6 Å². The molecule has 1 aliphatic heterocycles. The predicted molar refractivity (Wildman–Crippen MR) is 132 cm³/mol. The average Bonchev–Trinajstić information content (AvgIpc) is 2.88. The minimum Gasteiger partial charge on any atom is -0.384 e. The highest BCUT2D eigenvalue weighted by atomic mass is 15.3. The van der Waals surface area contributed by atoms with Gasteiger partial charge in [-0.2, -0.15) is 0 Å². The van der Waals surface area contributed by atoms with Crippen LogP contribution >= 0.6 is 0 Å². The standard InChI is InChI=1S/C28H28N4/c29-27-17-16-26(22-30-27)31-18-20-32(21-19-31)28(23-10-4-1-5-11-23,24-12-6-2-7-13-24)25-14-8-3-9-15-25/h1-17,22H,18-21H2,(H2,29,30). The molecule has 160 valence electrons. The highest BCUT2D eigenvalue weighted by Gasteiger charge is 2.43. The van der Waals surface area contributed by atoms with Crippen LogP contribution in [-0.4, -0.2) is 36.1 Å². The van der Waals surface area contributed by atoms with Gasteiger partial charge in [0.2, 0.25) is 0 Å². The molecule has 0 saturated carbocycles. The van der Waals surface area contributed by atoms with Crippen molar-refractivity contribution in [3.8, 4) is 0 Å². The van der Waals surface area contributed by atoms with Crippen molar-refractivity contribution in [1.82, 2.24) is 9.88 Å². The summed E-state index contributed by atoms with van der Waals surface area (Å²) in [6.07, 6.45) is 1.88. The largest absolute Gasteiger partial charge is 0.384 e. The zero-order chi connectivity index (χ0) is 21.8. The lowest BCUT2D eigenvalue weighted by Crippen LogP contribution is -2.56. The first-order valence-electron chi connectivity index (χ1n) is 11.2. The first-order chi connectivity index (χ1) is 15.8. The summed E-state index contributed by atoms with van der Waals surface area (Å²) in [4.78, 5) is 9.32. The van der Waals surface area contributed by atoms with E-state index in [-0.39, 0.29) is 5.54 Å². The van der Waals surface area contributed by atoms with Crippen LogP contribution in [0.3, 0.4) is 0 Å².